The Hall–Kier alpha value is -1.40. The van der Waals surface area contributed by atoms with E-state index in [4.69, 9.17) is 4.74 Å². The van der Waals surface area contributed by atoms with Crippen LogP contribution in [-0.2, 0) is 14.3 Å². The summed E-state index contributed by atoms with van der Waals surface area (Å²) < 4.78 is 5.44. The number of allylic oxidation sites excluding steroid dienone is 1. The van der Waals surface area contributed by atoms with Crippen molar-refractivity contribution in [2.24, 2.45) is 0 Å². The first-order valence-electron chi connectivity index (χ1n) is 22.0. The molecule has 2 atom stereocenters. The van der Waals surface area contributed by atoms with Crippen LogP contribution in [0.25, 0.3) is 0 Å². The van der Waals surface area contributed by atoms with Gasteiger partial charge in [-0.1, -0.05) is 199 Å². The minimum absolute atomic E-state index is 0.0256. The van der Waals surface area contributed by atoms with Crippen molar-refractivity contribution < 1.29 is 24.5 Å². The van der Waals surface area contributed by atoms with Crippen LogP contribution >= 0.6 is 0 Å². The van der Waals surface area contributed by atoms with E-state index in [0.29, 0.717) is 19.4 Å². The van der Waals surface area contributed by atoms with Crippen LogP contribution in [0, 0.1) is 0 Å². The van der Waals surface area contributed by atoms with Gasteiger partial charge >= 0.3 is 5.97 Å². The SMILES string of the molecule is CCCCCCCCC/C=C/C(O)C(CO)NC(=O)CCCCCCCCCCCOC(=O)CCCCCCCCCCCCCCCCC. The Labute approximate surface area is 310 Å². The van der Waals surface area contributed by atoms with Crippen LogP contribution in [0.15, 0.2) is 12.2 Å². The molecule has 0 aliphatic carbocycles. The van der Waals surface area contributed by atoms with E-state index >= 15 is 0 Å². The normalized spacial score (nSPS) is 12.8. The predicted molar refractivity (Wildman–Crippen MR) is 213 cm³/mol. The van der Waals surface area contributed by atoms with Gasteiger partial charge in [0.2, 0.25) is 5.91 Å². The molecule has 50 heavy (non-hydrogen) atoms. The van der Waals surface area contributed by atoms with Gasteiger partial charge in [-0.25, -0.2) is 0 Å². The van der Waals surface area contributed by atoms with Crippen molar-refractivity contribution in [3.8, 4) is 0 Å². The molecule has 0 aliphatic rings. The molecule has 0 aromatic rings. The van der Waals surface area contributed by atoms with Crippen LogP contribution in [0.4, 0.5) is 0 Å². The van der Waals surface area contributed by atoms with Crippen LogP contribution in [0.1, 0.15) is 232 Å². The number of unbranched alkanes of at least 4 members (excludes halogenated alkanes) is 29. The predicted octanol–water partition coefficient (Wildman–Crippen LogP) is 12.2. The Kier molecular flexibility index (Phi) is 39.2. The molecule has 0 bridgehead atoms. The van der Waals surface area contributed by atoms with Crippen molar-refractivity contribution in [1.29, 1.82) is 0 Å². The average Bonchev–Trinajstić information content (AvgIpc) is 3.11. The molecule has 0 fully saturated rings. The quantitative estimate of drug-likeness (QED) is 0.0335. The number of nitrogens with one attached hydrogen (secondary N) is 1. The van der Waals surface area contributed by atoms with Crippen LogP contribution in [0.3, 0.4) is 0 Å². The fourth-order valence-electron chi connectivity index (χ4n) is 6.63. The van der Waals surface area contributed by atoms with Gasteiger partial charge in [0.15, 0.2) is 0 Å². The first kappa shape index (κ1) is 48.6. The lowest BCUT2D eigenvalue weighted by atomic mass is 10.0. The van der Waals surface area contributed by atoms with Crippen molar-refractivity contribution in [2.75, 3.05) is 13.2 Å². The number of ether oxygens (including phenoxy) is 1. The standard InChI is InChI=1S/C44H85NO5/c1-3-5-7-9-11-13-14-15-16-17-18-22-26-30-34-38-44(49)50-39-35-31-27-23-19-21-25-29-33-37-43(48)45-41(40-46)42(47)36-32-28-24-20-12-10-8-6-4-2/h32,36,41-42,46-47H,3-31,33-35,37-40H2,1-2H3,(H,45,48)/b36-32+. The number of amides is 1. The Morgan fingerprint density at radius 3 is 1.36 bits per heavy atom. The van der Waals surface area contributed by atoms with Crippen LogP contribution in [0.5, 0.6) is 0 Å². The second-order valence-electron chi connectivity index (χ2n) is 15.0. The zero-order chi connectivity index (χ0) is 36.6. The number of aliphatic hydroxyl groups is 2. The summed E-state index contributed by atoms with van der Waals surface area (Å²) in [5, 5.41) is 22.8. The van der Waals surface area contributed by atoms with Gasteiger partial charge in [0, 0.05) is 12.8 Å². The fourth-order valence-corrected chi connectivity index (χ4v) is 6.63. The van der Waals surface area contributed by atoms with Gasteiger partial charge in [-0.2, -0.15) is 0 Å². The second kappa shape index (κ2) is 40.4. The van der Waals surface area contributed by atoms with Crippen LogP contribution in [-0.4, -0.2) is 47.4 Å². The van der Waals surface area contributed by atoms with E-state index in [9.17, 15) is 19.8 Å². The molecule has 0 radical (unpaired) electrons. The molecule has 0 spiro atoms. The first-order valence-corrected chi connectivity index (χ1v) is 22.0. The third-order valence-electron chi connectivity index (χ3n) is 10.1. The highest BCUT2D eigenvalue weighted by Crippen LogP contribution is 2.15. The molecular weight excluding hydrogens is 622 g/mol. The Morgan fingerprint density at radius 2 is 0.920 bits per heavy atom. The number of carbonyl (C=O) groups excluding carboxylic acids is 2. The zero-order valence-corrected chi connectivity index (χ0v) is 33.4. The second-order valence-corrected chi connectivity index (χ2v) is 15.0. The van der Waals surface area contributed by atoms with Gasteiger partial charge in [-0.05, 0) is 32.1 Å². The molecule has 0 aromatic heterocycles. The molecule has 0 saturated carbocycles. The summed E-state index contributed by atoms with van der Waals surface area (Å²) in [5.74, 6) is -0.124. The van der Waals surface area contributed by atoms with Crippen LogP contribution in [0.2, 0.25) is 0 Å². The lowest BCUT2D eigenvalue weighted by Gasteiger charge is -2.20. The van der Waals surface area contributed by atoms with Crippen LogP contribution < -0.4 is 5.32 Å². The maximum atomic E-state index is 12.3. The first-order chi connectivity index (χ1) is 24.5. The number of carbonyl (C=O) groups is 2. The average molecular weight is 708 g/mol. The minimum Gasteiger partial charge on any atom is -0.466 e. The number of esters is 1. The molecule has 0 aliphatic heterocycles. The Balaban J connectivity index is 3.48. The molecule has 6 heteroatoms. The van der Waals surface area contributed by atoms with Crippen molar-refractivity contribution >= 4 is 11.9 Å². The molecule has 296 valence electrons. The molecule has 2 unspecified atom stereocenters. The minimum atomic E-state index is -0.857. The van der Waals surface area contributed by atoms with Gasteiger partial charge < -0.3 is 20.3 Å². The van der Waals surface area contributed by atoms with E-state index < -0.39 is 12.1 Å². The highest BCUT2D eigenvalue weighted by atomic mass is 16.5. The monoisotopic (exact) mass is 708 g/mol. The van der Waals surface area contributed by atoms with Gasteiger partial charge in [-0.3, -0.25) is 9.59 Å². The van der Waals surface area contributed by atoms with Gasteiger partial charge in [0.05, 0.1) is 25.4 Å². The maximum absolute atomic E-state index is 12.3. The summed E-state index contributed by atoms with van der Waals surface area (Å²) in [7, 11) is 0. The lowest BCUT2D eigenvalue weighted by molar-refractivity contribution is -0.143. The van der Waals surface area contributed by atoms with Crippen molar-refractivity contribution in [3.63, 3.8) is 0 Å². The van der Waals surface area contributed by atoms with E-state index in [-0.39, 0.29) is 18.5 Å². The fraction of sp³-hybridized carbons (Fsp3) is 0.909. The summed E-state index contributed by atoms with van der Waals surface area (Å²) in [6.45, 7) is 4.80. The summed E-state index contributed by atoms with van der Waals surface area (Å²) in [6, 6.07) is -0.643. The molecule has 0 saturated heterocycles. The number of rotatable bonds is 40. The lowest BCUT2D eigenvalue weighted by Crippen LogP contribution is -2.45. The van der Waals surface area contributed by atoms with E-state index in [0.717, 1.165) is 57.8 Å². The number of hydrogen-bond donors (Lipinski definition) is 3. The molecular formula is C44H85NO5. The topological polar surface area (TPSA) is 95.9 Å². The molecule has 1 amide bonds. The third-order valence-corrected chi connectivity index (χ3v) is 10.1. The maximum Gasteiger partial charge on any atom is 0.305 e. The molecule has 6 nitrogen and oxygen atoms in total. The third kappa shape index (κ3) is 36.4. The Bertz CT molecular complexity index is 742. The van der Waals surface area contributed by atoms with E-state index in [1.165, 1.54) is 148 Å². The smallest absolute Gasteiger partial charge is 0.305 e. The van der Waals surface area contributed by atoms with Gasteiger partial charge in [0.25, 0.3) is 0 Å². The van der Waals surface area contributed by atoms with E-state index in [1.807, 2.05) is 6.08 Å². The molecule has 0 aromatic carbocycles. The number of hydrogen-bond acceptors (Lipinski definition) is 5. The summed E-state index contributed by atoms with van der Waals surface area (Å²) in [6.07, 6.45) is 43.4. The van der Waals surface area contributed by atoms with E-state index in [1.54, 1.807) is 6.08 Å². The Morgan fingerprint density at radius 1 is 0.540 bits per heavy atom. The molecule has 3 N–H and O–H groups in total. The zero-order valence-electron chi connectivity index (χ0n) is 33.4. The molecule has 0 rings (SSSR count). The summed E-state index contributed by atoms with van der Waals surface area (Å²) in [4.78, 5) is 24.3. The summed E-state index contributed by atoms with van der Waals surface area (Å²) in [5.41, 5.74) is 0. The van der Waals surface area contributed by atoms with Gasteiger partial charge in [0.1, 0.15) is 0 Å². The number of aliphatic hydroxyl groups excluding tert-OH is 2. The van der Waals surface area contributed by atoms with Gasteiger partial charge in [-0.15, -0.1) is 0 Å². The van der Waals surface area contributed by atoms with Crippen molar-refractivity contribution in [2.45, 2.75) is 244 Å². The largest absolute Gasteiger partial charge is 0.466 e. The van der Waals surface area contributed by atoms with E-state index in [2.05, 4.69) is 19.2 Å². The van der Waals surface area contributed by atoms with Crippen molar-refractivity contribution in [1.82, 2.24) is 5.32 Å². The molecule has 0 heterocycles. The summed E-state index contributed by atoms with van der Waals surface area (Å²) >= 11 is 0. The highest BCUT2D eigenvalue weighted by molar-refractivity contribution is 5.76. The highest BCUT2D eigenvalue weighted by Gasteiger charge is 2.18. The van der Waals surface area contributed by atoms with Crippen molar-refractivity contribution in [3.05, 3.63) is 12.2 Å².